The van der Waals surface area contributed by atoms with Crippen molar-refractivity contribution < 1.29 is 14.6 Å². The molecule has 0 bridgehead atoms. The molecule has 4 aromatic rings. The first-order valence-electron chi connectivity index (χ1n) is 12.4. The molecule has 0 atom stereocenters. The van der Waals surface area contributed by atoms with Crippen molar-refractivity contribution in [1.82, 2.24) is 24.8 Å². The summed E-state index contributed by atoms with van der Waals surface area (Å²) in [5.74, 6) is 0.794. The van der Waals surface area contributed by atoms with Crippen LogP contribution in [0.25, 0.3) is 33.5 Å². The maximum absolute atomic E-state index is 12.3. The highest BCUT2D eigenvalue weighted by Gasteiger charge is 2.25. The number of nitrogens with zero attached hydrogens (tertiary/aromatic N) is 4. The SMILES string of the molecule is COc1cc(-c2cnc3[nH]cc(-c4ccc(C(=O)N(C)C)cc4)c3n2)cc2c1CN(CC(C)(C)O)CC2. The number of methoxy groups -OCH3 is 1. The third-order valence-corrected chi connectivity index (χ3v) is 6.74. The molecule has 37 heavy (non-hydrogen) atoms. The van der Waals surface area contributed by atoms with Crippen molar-refractivity contribution in [1.29, 1.82) is 0 Å². The van der Waals surface area contributed by atoms with E-state index in [9.17, 15) is 9.90 Å². The van der Waals surface area contributed by atoms with Gasteiger partial charge in [-0.3, -0.25) is 9.69 Å². The number of β-amino-alcohol motifs (C(OH)–C–C–N with tert-alkyl or cyclic N) is 1. The van der Waals surface area contributed by atoms with Gasteiger partial charge in [0.15, 0.2) is 5.65 Å². The first-order chi connectivity index (χ1) is 17.6. The van der Waals surface area contributed by atoms with Crippen LogP contribution in [0.3, 0.4) is 0 Å². The van der Waals surface area contributed by atoms with Crippen LogP contribution in [0.15, 0.2) is 48.8 Å². The van der Waals surface area contributed by atoms with Crippen molar-refractivity contribution in [2.75, 3.05) is 34.3 Å². The number of carbonyl (C=O) groups is 1. The fraction of sp³-hybridized carbons (Fsp3) is 0.345. The predicted molar refractivity (Wildman–Crippen MR) is 145 cm³/mol. The van der Waals surface area contributed by atoms with Crippen molar-refractivity contribution in [3.05, 3.63) is 65.5 Å². The predicted octanol–water partition coefficient (Wildman–Crippen LogP) is 4.13. The molecule has 1 aliphatic rings. The summed E-state index contributed by atoms with van der Waals surface area (Å²) in [6.07, 6.45) is 4.56. The van der Waals surface area contributed by atoms with E-state index in [1.54, 1.807) is 32.3 Å². The molecule has 0 radical (unpaired) electrons. The second-order valence-electron chi connectivity index (χ2n) is 10.5. The topological polar surface area (TPSA) is 94.6 Å². The van der Waals surface area contributed by atoms with E-state index in [2.05, 4.69) is 20.9 Å². The van der Waals surface area contributed by atoms with Gasteiger partial charge in [-0.1, -0.05) is 12.1 Å². The smallest absolute Gasteiger partial charge is 0.253 e. The highest BCUT2D eigenvalue weighted by atomic mass is 16.5. The van der Waals surface area contributed by atoms with E-state index in [1.807, 2.05) is 50.4 Å². The number of benzene rings is 2. The number of fused-ring (bicyclic) bond motifs is 2. The summed E-state index contributed by atoms with van der Waals surface area (Å²) >= 11 is 0. The van der Waals surface area contributed by atoms with Gasteiger partial charge in [-0.15, -0.1) is 0 Å². The van der Waals surface area contributed by atoms with Crippen LogP contribution in [0.4, 0.5) is 0 Å². The number of ether oxygens (including phenoxy) is 1. The Morgan fingerprint density at radius 3 is 2.62 bits per heavy atom. The van der Waals surface area contributed by atoms with E-state index < -0.39 is 5.60 Å². The first-order valence-corrected chi connectivity index (χ1v) is 12.4. The van der Waals surface area contributed by atoms with Crippen LogP contribution in [0.1, 0.15) is 35.3 Å². The summed E-state index contributed by atoms with van der Waals surface area (Å²) in [6.45, 7) is 5.90. The maximum Gasteiger partial charge on any atom is 0.253 e. The van der Waals surface area contributed by atoms with Crippen LogP contribution in [-0.2, 0) is 13.0 Å². The fourth-order valence-electron chi connectivity index (χ4n) is 5.00. The van der Waals surface area contributed by atoms with Crippen molar-refractivity contribution in [3.63, 3.8) is 0 Å². The minimum Gasteiger partial charge on any atom is -0.496 e. The molecular formula is C29H33N5O3. The molecule has 0 unspecified atom stereocenters. The Morgan fingerprint density at radius 1 is 1.19 bits per heavy atom. The third kappa shape index (κ3) is 5.08. The molecule has 8 nitrogen and oxygen atoms in total. The number of H-pyrrole nitrogens is 1. The van der Waals surface area contributed by atoms with Crippen molar-refractivity contribution in [2.45, 2.75) is 32.4 Å². The monoisotopic (exact) mass is 499 g/mol. The third-order valence-electron chi connectivity index (χ3n) is 6.74. The molecule has 2 aromatic heterocycles. The average molecular weight is 500 g/mol. The number of amides is 1. The Bertz CT molecular complexity index is 1430. The van der Waals surface area contributed by atoms with Crippen LogP contribution in [0.2, 0.25) is 0 Å². The molecule has 192 valence electrons. The molecule has 5 rings (SSSR count). The van der Waals surface area contributed by atoms with Crippen molar-refractivity contribution in [3.8, 4) is 28.1 Å². The average Bonchev–Trinajstić information content (AvgIpc) is 3.30. The van der Waals surface area contributed by atoms with E-state index in [0.29, 0.717) is 17.8 Å². The summed E-state index contributed by atoms with van der Waals surface area (Å²) in [5, 5.41) is 10.3. The summed E-state index contributed by atoms with van der Waals surface area (Å²) in [4.78, 5) is 28.9. The Hall–Kier alpha value is -3.75. The van der Waals surface area contributed by atoms with Gasteiger partial charge in [0.1, 0.15) is 11.3 Å². The number of aromatic nitrogens is 3. The molecule has 3 heterocycles. The highest BCUT2D eigenvalue weighted by molar-refractivity contribution is 5.96. The van der Waals surface area contributed by atoms with E-state index in [4.69, 9.17) is 9.72 Å². The lowest BCUT2D eigenvalue weighted by atomic mass is 9.94. The number of hydrogen-bond acceptors (Lipinski definition) is 6. The summed E-state index contributed by atoms with van der Waals surface area (Å²) < 4.78 is 5.79. The lowest BCUT2D eigenvalue weighted by Gasteiger charge is -2.34. The van der Waals surface area contributed by atoms with Crippen LogP contribution < -0.4 is 4.74 Å². The number of rotatable bonds is 6. The van der Waals surface area contributed by atoms with Gasteiger partial charge < -0.3 is 19.7 Å². The molecule has 0 saturated carbocycles. The molecule has 1 amide bonds. The summed E-state index contributed by atoms with van der Waals surface area (Å²) in [7, 11) is 5.18. The van der Waals surface area contributed by atoms with Crippen LogP contribution in [0, 0.1) is 0 Å². The molecule has 8 heteroatoms. The molecular weight excluding hydrogens is 466 g/mol. The Morgan fingerprint density at radius 2 is 1.95 bits per heavy atom. The van der Waals surface area contributed by atoms with Gasteiger partial charge >= 0.3 is 0 Å². The molecule has 2 aromatic carbocycles. The van der Waals surface area contributed by atoms with E-state index >= 15 is 0 Å². The van der Waals surface area contributed by atoms with E-state index in [0.717, 1.165) is 58.7 Å². The summed E-state index contributed by atoms with van der Waals surface area (Å²) in [6, 6.07) is 11.8. The van der Waals surface area contributed by atoms with Gasteiger partial charge in [0.25, 0.3) is 5.91 Å². The molecule has 2 N–H and O–H groups in total. The van der Waals surface area contributed by atoms with Crippen molar-refractivity contribution >= 4 is 17.1 Å². The van der Waals surface area contributed by atoms with Gasteiger partial charge in [0.2, 0.25) is 0 Å². The second-order valence-corrected chi connectivity index (χ2v) is 10.5. The molecule has 1 aliphatic heterocycles. The van der Waals surface area contributed by atoms with Gasteiger partial charge in [0.05, 0.1) is 24.6 Å². The van der Waals surface area contributed by atoms with Gasteiger partial charge in [-0.2, -0.15) is 0 Å². The van der Waals surface area contributed by atoms with E-state index in [-0.39, 0.29) is 5.91 Å². The van der Waals surface area contributed by atoms with E-state index in [1.165, 1.54) is 5.56 Å². The minimum absolute atomic E-state index is 0.0305. The second kappa shape index (κ2) is 9.61. The zero-order valence-electron chi connectivity index (χ0n) is 22.0. The van der Waals surface area contributed by atoms with Crippen LogP contribution in [-0.4, -0.2) is 75.7 Å². The lowest BCUT2D eigenvalue weighted by Crippen LogP contribution is -2.41. The normalized spacial score (nSPS) is 14.0. The van der Waals surface area contributed by atoms with Crippen LogP contribution in [0.5, 0.6) is 5.75 Å². The molecule has 0 saturated heterocycles. The number of carbonyl (C=O) groups excluding carboxylic acids is 1. The zero-order chi connectivity index (χ0) is 26.3. The molecule has 0 aliphatic carbocycles. The number of hydrogen-bond donors (Lipinski definition) is 2. The molecule has 0 fully saturated rings. The van der Waals surface area contributed by atoms with Gasteiger partial charge in [-0.05, 0) is 55.7 Å². The van der Waals surface area contributed by atoms with Crippen LogP contribution >= 0.6 is 0 Å². The number of aliphatic hydroxyl groups is 1. The quantitative estimate of drug-likeness (QED) is 0.414. The van der Waals surface area contributed by atoms with Crippen molar-refractivity contribution in [2.24, 2.45) is 0 Å². The standard InChI is InChI=1S/C29H33N5O3/c1-29(2,36)17-34-11-10-20-12-21(13-25(37-5)23(20)16-34)24-15-31-27-26(32-24)22(14-30-27)18-6-8-19(9-7-18)28(35)33(3)4/h6-9,12-15,36H,10-11,16-17H2,1-5H3,(H,30,31). The Balaban J connectivity index is 1.49. The molecule has 0 spiro atoms. The maximum atomic E-state index is 12.3. The number of aromatic amines is 1. The Labute approximate surface area is 216 Å². The lowest BCUT2D eigenvalue weighted by molar-refractivity contribution is 0.0314. The Kier molecular flexibility index (Phi) is 6.47. The minimum atomic E-state index is -0.744. The number of nitrogens with one attached hydrogen (secondary N) is 1. The fourth-order valence-corrected chi connectivity index (χ4v) is 5.00. The highest BCUT2D eigenvalue weighted by Crippen LogP contribution is 2.35. The van der Waals surface area contributed by atoms with Gasteiger partial charge in [-0.25, -0.2) is 9.97 Å². The first kappa shape index (κ1) is 24.9. The zero-order valence-corrected chi connectivity index (χ0v) is 22.0. The van der Waals surface area contributed by atoms with Gasteiger partial charge in [0, 0.05) is 62.2 Å². The largest absolute Gasteiger partial charge is 0.496 e. The summed E-state index contributed by atoms with van der Waals surface area (Å²) in [5.41, 5.74) is 7.39.